The number of ether oxygens (including phenoxy) is 2. The van der Waals surface area contributed by atoms with Crippen LogP contribution >= 0.6 is 0 Å². The summed E-state index contributed by atoms with van der Waals surface area (Å²) in [7, 11) is -1.98. The first-order chi connectivity index (χ1) is 16.3. The molecule has 0 aliphatic carbocycles. The van der Waals surface area contributed by atoms with Crippen LogP contribution in [0.1, 0.15) is 26.2 Å². The van der Waals surface area contributed by atoms with Crippen molar-refractivity contribution in [1.82, 2.24) is 23.7 Å². The van der Waals surface area contributed by atoms with Gasteiger partial charge in [-0.3, -0.25) is 4.79 Å². The van der Waals surface area contributed by atoms with Gasteiger partial charge in [0.05, 0.1) is 19.3 Å². The number of morpholine rings is 1. The largest absolute Gasteiger partial charge is 0.497 e. The summed E-state index contributed by atoms with van der Waals surface area (Å²) in [6.45, 7) is 5.69. The molecule has 0 saturated carbocycles. The monoisotopic (exact) mass is 493 g/mol. The number of aryl methyl sites for hydroxylation is 1. The van der Waals surface area contributed by atoms with E-state index in [-0.39, 0.29) is 37.6 Å². The fourth-order valence-corrected chi connectivity index (χ4v) is 5.98. The Morgan fingerprint density at radius 1 is 1.06 bits per heavy atom. The molecule has 2 aliphatic rings. The Kier molecular flexibility index (Phi) is 7.51. The second-order valence-electron chi connectivity index (χ2n) is 8.60. The van der Waals surface area contributed by atoms with E-state index in [0.29, 0.717) is 44.3 Å². The van der Waals surface area contributed by atoms with Gasteiger partial charge in [0.15, 0.2) is 0 Å². The number of hydrogen-bond donors (Lipinski definition) is 0. The number of methoxy groups -OCH3 is 1. The van der Waals surface area contributed by atoms with Gasteiger partial charge in [-0.15, -0.1) is 0 Å². The molecule has 2 aliphatic heterocycles. The highest BCUT2D eigenvalue weighted by Crippen LogP contribution is 2.21. The number of amides is 1. The molecule has 0 N–H and O–H groups in total. The van der Waals surface area contributed by atoms with Gasteiger partial charge < -0.3 is 18.9 Å². The van der Waals surface area contributed by atoms with Gasteiger partial charge in [-0.1, -0.05) is 5.16 Å². The van der Waals surface area contributed by atoms with Crippen LogP contribution in [0, 0.1) is 0 Å². The lowest BCUT2D eigenvalue weighted by molar-refractivity contribution is -0.132. The average molecular weight is 494 g/mol. The van der Waals surface area contributed by atoms with Crippen molar-refractivity contribution < 1.29 is 27.2 Å². The second-order valence-corrected chi connectivity index (χ2v) is 10.5. The molecule has 4 rings (SSSR count). The van der Waals surface area contributed by atoms with Crippen LogP contribution in [0.25, 0.3) is 11.4 Å². The Morgan fingerprint density at radius 3 is 2.32 bits per heavy atom. The molecular weight excluding hydrogens is 462 g/mol. The first-order valence-electron chi connectivity index (χ1n) is 11.4. The molecule has 1 aromatic carbocycles. The summed E-state index contributed by atoms with van der Waals surface area (Å²) < 4.78 is 45.1. The third-order valence-corrected chi connectivity index (χ3v) is 7.97. The van der Waals surface area contributed by atoms with Crippen molar-refractivity contribution in [1.29, 1.82) is 0 Å². The Labute approximate surface area is 199 Å². The zero-order chi connectivity index (χ0) is 24.3. The van der Waals surface area contributed by atoms with Gasteiger partial charge in [0, 0.05) is 57.7 Å². The van der Waals surface area contributed by atoms with E-state index in [1.165, 1.54) is 8.61 Å². The van der Waals surface area contributed by atoms with Crippen molar-refractivity contribution in [2.75, 3.05) is 46.4 Å². The molecule has 2 aromatic rings. The molecule has 2 unspecified atom stereocenters. The molecule has 1 aromatic heterocycles. The predicted molar refractivity (Wildman–Crippen MR) is 123 cm³/mol. The van der Waals surface area contributed by atoms with E-state index in [0.717, 1.165) is 11.3 Å². The average Bonchev–Trinajstić information content (AvgIpc) is 3.31. The van der Waals surface area contributed by atoms with Crippen molar-refractivity contribution in [2.45, 2.75) is 38.9 Å². The summed E-state index contributed by atoms with van der Waals surface area (Å²) in [5.41, 5.74) is 0.795. The van der Waals surface area contributed by atoms with Crippen LogP contribution in [0.2, 0.25) is 0 Å². The first-order valence-corrected chi connectivity index (χ1v) is 12.8. The topological polar surface area (TPSA) is 118 Å². The third kappa shape index (κ3) is 5.57. The molecule has 0 spiro atoms. The minimum Gasteiger partial charge on any atom is -0.497 e. The highest BCUT2D eigenvalue weighted by Gasteiger charge is 2.37. The van der Waals surface area contributed by atoms with E-state index < -0.39 is 10.2 Å². The van der Waals surface area contributed by atoms with Crippen molar-refractivity contribution >= 4 is 16.1 Å². The molecule has 3 heterocycles. The van der Waals surface area contributed by atoms with E-state index in [1.807, 2.05) is 38.1 Å². The minimum atomic E-state index is -3.58. The van der Waals surface area contributed by atoms with Crippen molar-refractivity contribution in [3.05, 3.63) is 30.2 Å². The van der Waals surface area contributed by atoms with Crippen LogP contribution in [0.5, 0.6) is 5.75 Å². The van der Waals surface area contributed by atoms with E-state index in [4.69, 9.17) is 14.0 Å². The number of nitrogens with zero attached hydrogens (tertiary/aromatic N) is 5. The molecule has 186 valence electrons. The molecule has 2 fully saturated rings. The van der Waals surface area contributed by atoms with Crippen LogP contribution in [-0.2, 0) is 26.2 Å². The molecule has 2 atom stereocenters. The number of carbonyl (C=O) groups is 1. The summed E-state index contributed by atoms with van der Waals surface area (Å²) in [5.74, 6) is 1.52. The maximum Gasteiger partial charge on any atom is 0.282 e. The van der Waals surface area contributed by atoms with Crippen LogP contribution in [0.4, 0.5) is 0 Å². The zero-order valence-electron chi connectivity index (χ0n) is 19.7. The number of aromatic nitrogens is 2. The highest BCUT2D eigenvalue weighted by molar-refractivity contribution is 7.86. The van der Waals surface area contributed by atoms with E-state index in [9.17, 15) is 13.2 Å². The number of carbonyl (C=O) groups excluding carboxylic acids is 1. The van der Waals surface area contributed by atoms with Gasteiger partial charge in [-0.25, -0.2) is 0 Å². The van der Waals surface area contributed by atoms with Crippen LogP contribution in [0.3, 0.4) is 0 Å². The predicted octanol–water partition coefficient (Wildman–Crippen LogP) is 1.18. The summed E-state index contributed by atoms with van der Waals surface area (Å²) in [6.07, 6.45) is 0.257. The van der Waals surface area contributed by atoms with Crippen LogP contribution in [0.15, 0.2) is 28.8 Å². The fraction of sp³-hybridized carbons (Fsp3) is 0.591. The van der Waals surface area contributed by atoms with Gasteiger partial charge in [0.1, 0.15) is 5.75 Å². The number of piperazine rings is 1. The lowest BCUT2D eigenvalue weighted by Gasteiger charge is -2.40. The maximum atomic E-state index is 13.0. The van der Waals surface area contributed by atoms with Crippen molar-refractivity contribution in [2.24, 2.45) is 0 Å². The smallest absolute Gasteiger partial charge is 0.282 e. The van der Waals surface area contributed by atoms with Gasteiger partial charge in [0.25, 0.3) is 10.2 Å². The SMILES string of the molecule is COc1ccc(-c2noc(CCC(=O)N3CCN(S(=O)(=O)N4CC(C)OC(C)C4)CC3)n2)cc1. The quantitative estimate of drug-likeness (QED) is 0.564. The third-order valence-electron chi connectivity index (χ3n) is 6.00. The Hall–Kier alpha value is -2.54. The van der Waals surface area contributed by atoms with Crippen molar-refractivity contribution in [3.63, 3.8) is 0 Å². The van der Waals surface area contributed by atoms with Gasteiger partial charge in [-0.05, 0) is 38.1 Å². The molecule has 2 saturated heterocycles. The van der Waals surface area contributed by atoms with Crippen LogP contribution in [-0.4, -0.2) is 96.6 Å². The molecule has 0 bridgehead atoms. The summed E-state index contributed by atoms with van der Waals surface area (Å²) in [5, 5.41) is 3.99. The van der Waals surface area contributed by atoms with Gasteiger partial charge in [-0.2, -0.15) is 22.0 Å². The van der Waals surface area contributed by atoms with Crippen molar-refractivity contribution in [3.8, 4) is 17.1 Å². The fourth-order valence-electron chi connectivity index (χ4n) is 4.24. The molecule has 34 heavy (non-hydrogen) atoms. The standard InChI is InChI=1S/C22H31N5O6S/c1-16-14-27(15-17(2)32-16)34(29,30)26-12-10-25(11-13-26)21(28)9-8-20-23-22(24-33-20)18-4-6-19(31-3)7-5-18/h4-7,16-17H,8-15H2,1-3H3. The number of rotatable bonds is 7. The minimum absolute atomic E-state index is 0.0603. The Bertz CT molecular complexity index is 1070. The molecule has 11 nitrogen and oxygen atoms in total. The lowest BCUT2D eigenvalue weighted by atomic mass is 10.2. The van der Waals surface area contributed by atoms with Gasteiger partial charge >= 0.3 is 0 Å². The normalized spacial score (nSPS) is 22.6. The Morgan fingerprint density at radius 2 is 1.71 bits per heavy atom. The summed E-state index contributed by atoms with van der Waals surface area (Å²) >= 11 is 0. The summed E-state index contributed by atoms with van der Waals surface area (Å²) in [6, 6.07) is 7.30. The molecular formula is C22H31N5O6S. The summed E-state index contributed by atoms with van der Waals surface area (Å²) in [4.78, 5) is 18.8. The van der Waals surface area contributed by atoms with E-state index in [2.05, 4.69) is 10.1 Å². The van der Waals surface area contributed by atoms with Gasteiger partial charge in [0.2, 0.25) is 17.6 Å². The van der Waals surface area contributed by atoms with E-state index in [1.54, 1.807) is 12.0 Å². The molecule has 0 radical (unpaired) electrons. The lowest BCUT2D eigenvalue weighted by Crippen LogP contribution is -2.57. The van der Waals surface area contributed by atoms with E-state index >= 15 is 0 Å². The molecule has 1 amide bonds. The first kappa shape index (κ1) is 24.6. The Balaban J connectivity index is 1.27. The maximum absolute atomic E-state index is 13.0. The second kappa shape index (κ2) is 10.4. The number of hydrogen-bond acceptors (Lipinski definition) is 8. The molecule has 12 heteroatoms. The van der Waals surface area contributed by atoms with Crippen LogP contribution < -0.4 is 4.74 Å². The zero-order valence-corrected chi connectivity index (χ0v) is 20.5. The highest BCUT2D eigenvalue weighted by atomic mass is 32.2. The number of benzene rings is 1.